The van der Waals surface area contributed by atoms with Crippen LogP contribution in [0.3, 0.4) is 0 Å². The first kappa shape index (κ1) is 14.2. The van der Waals surface area contributed by atoms with Gasteiger partial charge in [0.25, 0.3) is 10.2 Å². The van der Waals surface area contributed by atoms with E-state index in [1.807, 2.05) is 0 Å². The molecule has 0 aromatic rings. The van der Waals surface area contributed by atoms with Crippen molar-refractivity contribution in [3.8, 4) is 0 Å². The van der Waals surface area contributed by atoms with E-state index in [-0.39, 0.29) is 6.04 Å². The first-order chi connectivity index (χ1) is 8.57. The van der Waals surface area contributed by atoms with Crippen molar-refractivity contribution >= 4 is 10.2 Å². The molecule has 5 nitrogen and oxygen atoms in total. The van der Waals surface area contributed by atoms with Crippen molar-refractivity contribution in [1.82, 2.24) is 13.9 Å². The number of nitrogens with zero attached hydrogens (tertiary/aromatic N) is 2. The van der Waals surface area contributed by atoms with Crippen molar-refractivity contribution in [1.29, 1.82) is 0 Å². The second-order valence-electron chi connectivity index (χ2n) is 5.42. The summed E-state index contributed by atoms with van der Waals surface area (Å²) < 4.78 is 28.4. The van der Waals surface area contributed by atoms with E-state index in [0.29, 0.717) is 19.0 Å². The van der Waals surface area contributed by atoms with E-state index >= 15 is 0 Å². The normalized spacial score (nSPS) is 29.7. The highest BCUT2D eigenvalue weighted by molar-refractivity contribution is 7.86. The molecule has 0 bridgehead atoms. The van der Waals surface area contributed by atoms with Crippen LogP contribution < -0.4 is 5.32 Å². The molecule has 0 aromatic carbocycles. The molecule has 2 fully saturated rings. The Morgan fingerprint density at radius 1 is 1.39 bits per heavy atom. The van der Waals surface area contributed by atoms with Gasteiger partial charge in [0.1, 0.15) is 0 Å². The number of fused-ring (bicyclic) bond motifs is 1. The number of rotatable bonds is 5. The molecule has 0 spiro atoms. The second-order valence-corrected chi connectivity index (χ2v) is 7.41. The van der Waals surface area contributed by atoms with Crippen molar-refractivity contribution in [3.63, 3.8) is 0 Å². The minimum Gasteiger partial charge on any atom is -0.315 e. The third-order valence-corrected chi connectivity index (χ3v) is 6.16. The zero-order valence-electron chi connectivity index (χ0n) is 11.4. The molecule has 2 aliphatic heterocycles. The molecule has 0 aliphatic carbocycles. The zero-order chi connectivity index (χ0) is 13.2. The molecule has 106 valence electrons. The van der Waals surface area contributed by atoms with Gasteiger partial charge in [0, 0.05) is 32.7 Å². The highest BCUT2D eigenvalue weighted by atomic mass is 32.2. The van der Waals surface area contributed by atoms with Gasteiger partial charge < -0.3 is 5.32 Å². The molecule has 2 rings (SSSR count). The van der Waals surface area contributed by atoms with Crippen LogP contribution in [0.25, 0.3) is 0 Å². The molecule has 2 aliphatic rings. The standard InChI is InChI=1S/C12H25N3O2S/c1-3-4-7-14(2)18(16,17)15-8-5-6-11-9-13-10-12(11)15/h11-13H,3-10H2,1-2H3. The Morgan fingerprint density at radius 3 is 2.89 bits per heavy atom. The summed E-state index contributed by atoms with van der Waals surface area (Å²) in [5, 5.41) is 3.32. The summed E-state index contributed by atoms with van der Waals surface area (Å²) in [5.41, 5.74) is 0. The lowest BCUT2D eigenvalue weighted by Crippen LogP contribution is -2.52. The fraction of sp³-hybridized carbons (Fsp3) is 1.00. The van der Waals surface area contributed by atoms with Crippen LogP contribution in [0, 0.1) is 5.92 Å². The van der Waals surface area contributed by atoms with Crippen LogP contribution in [0.15, 0.2) is 0 Å². The number of hydrogen-bond donors (Lipinski definition) is 1. The fourth-order valence-corrected chi connectivity index (χ4v) is 4.65. The smallest absolute Gasteiger partial charge is 0.282 e. The third kappa shape index (κ3) is 2.71. The monoisotopic (exact) mass is 275 g/mol. The molecule has 1 N–H and O–H groups in total. The molecule has 2 atom stereocenters. The van der Waals surface area contributed by atoms with E-state index in [4.69, 9.17) is 0 Å². The van der Waals surface area contributed by atoms with Gasteiger partial charge in [0.2, 0.25) is 0 Å². The quantitative estimate of drug-likeness (QED) is 0.801. The predicted octanol–water partition coefficient (Wildman–Crippen LogP) is 0.647. The zero-order valence-corrected chi connectivity index (χ0v) is 12.2. The van der Waals surface area contributed by atoms with E-state index in [9.17, 15) is 8.42 Å². The van der Waals surface area contributed by atoms with E-state index in [1.165, 1.54) is 4.31 Å². The molecule has 6 heteroatoms. The minimum atomic E-state index is -3.26. The van der Waals surface area contributed by atoms with E-state index in [0.717, 1.165) is 38.8 Å². The van der Waals surface area contributed by atoms with Gasteiger partial charge in [-0.15, -0.1) is 0 Å². The van der Waals surface area contributed by atoms with Crippen LogP contribution in [-0.4, -0.2) is 56.3 Å². The average Bonchev–Trinajstić information content (AvgIpc) is 2.83. The molecular weight excluding hydrogens is 250 g/mol. The van der Waals surface area contributed by atoms with E-state index in [1.54, 1.807) is 11.4 Å². The minimum absolute atomic E-state index is 0.174. The van der Waals surface area contributed by atoms with E-state index in [2.05, 4.69) is 12.2 Å². The van der Waals surface area contributed by atoms with Crippen molar-refractivity contribution in [2.24, 2.45) is 5.92 Å². The predicted molar refractivity (Wildman–Crippen MR) is 72.5 cm³/mol. The van der Waals surface area contributed by atoms with Gasteiger partial charge in [0.05, 0.1) is 0 Å². The Kier molecular flexibility index (Phi) is 4.64. The molecule has 0 radical (unpaired) electrons. The van der Waals surface area contributed by atoms with Gasteiger partial charge in [-0.3, -0.25) is 0 Å². The first-order valence-corrected chi connectivity index (χ1v) is 8.41. The summed E-state index contributed by atoms with van der Waals surface area (Å²) >= 11 is 0. The van der Waals surface area contributed by atoms with Crippen molar-refractivity contribution in [2.75, 3.05) is 33.2 Å². The molecule has 2 unspecified atom stereocenters. The maximum absolute atomic E-state index is 12.6. The Morgan fingerprint density at radius 2 is 2.17 bits per heavy atom. The molecule has 0 aromatic heterocycles. The highest BCUT2D eigenvalue weighted by Gasteiger charge is 2.41. The number of nitrogens with one attached hydrogen (secondary N) is 1. The first-order valence-electron chi connectivity index (χ1n) is 7.01. The van der Waals surface area contributed by atoms with Crippen molar-refractivity contribution in [2.45, 2.75) is 38.6 Å². The van der Waals surface area contributed by atoms with Crippen molar-refractivity contribution < 1.29 is 8.42 Å². The van der Waals surface area contributed by atoms with E-state index < -0.39 is 10.2 Å². The summed E-state index contributed by atoms with van der Waals surface area (Å²) in [6.45, 7) is 5.17. The molecule has 0 saturated carbocycles. The largest absolute Gasteiger partial charge is 0.315 e. The van der Waals surface area contributed by atoms with Crippen LogP contribution in [-0.2, 0) is 10.2 Å². The van der Waals surface area contributed by atoms with Crippen LogP contribution in [0.1, 0.15) is 32.6 Å². The number of piperidine rings is 1. The molecule has 0 amide bonds. The van der Waals surface area contributed by atoms with Gasteiger partial charge in [-0.2, -0.15) is 17.0 Å². The summed E-state index contributed by atoms with van der Waals surface area (Å²) in [7, 11) is -1.56. The molecule has 2 heterocycles. The van der Waals surface area contributed by atoms with Crippen LogP contribution in [0.5, 0.6) is 0 Å². The summed E-state index contributed by atoms with van der Waals surface area (Å²) in [6, 6.07) is 0.174. The summed E-state index contributed by atoms with van der Waals surface area (Å²) in [6.07, 6.45) is 4.09. The number of hydrogen-bond acceptors (Lipinski definition) is 3. The maximum Gasteiger partial charge on any atom is 0.282 e. The van der Waals surface area contributed by atoms with Gasteiger partial charge in [-0.1, -0.05) is 13.3 Å². The second kappa shape index (κ2) is 5.86. The van der Waals surface area contributed by atoms with Crippen LogP contribution >= 0.6 is 0 Å². The Labute approximate surface area is 111 Å². The molecule has 2 saturated heterocycles. The average molecular weight is 275 g/mol. The molecular formula is C12H25N3O2S. The summed E-state index contributed by atoms with van der Waals surface area (Å²) in [5.74, 6) is 0.508. The lowest BCUT2D eigenvalue weighted by molar-refractivity contribution is 0.205. The topological polar surface area (TPSA) is 52.7 Å². The molecule has 18 heavy (non-hydrogen) atoms. The Balaban J connectivity index is 2.08. The lowest BCUT2D eigenvalue weighted by atomic mass is 9.94. The fourth-order valence-electron chi connectivity index (χ4n) is 2.99. The van der Waals surface area contributed by atoms with Crippen LogP contribution in [0.2, 0.25) is 0 Å². The van der Waals surface area contributed by atoms with Gasteiger partial charge in [-0.05, 0) is 31.7 Å². The maximum atomic E-state index is 12.6. The Bertz CT molecular complexity index is 372. The Hall–Kier alpha value is -0.170. The van der Waals surface area contributed by atoms with Gasteiger partial charge >= 0.3 is 0 Å². The van der Waals surface area contributed by atoms with Crippen molar-refractivity contribution in [3.05, 3.63) is 0 Å². The van der Waals surface area contributed by atoms with Crippen LogP contribution in [0.4, 0.5) is 0 Å². The summed E-state index contributed by atoms with van der Waals surface area (Å²) in [4.78, 5) is 0. The third-order valence-electron chi connectivity index (χ3n) is 4.14. The van der Waals surface area contributed by atoms with Gasteiger partial charge in [0.15, 0.2) is 0 Å². The lowest BCUT2D eigenvalue weighted by Gasteiger charge is -2.38. The number of unbranched alkanes of at least 4 members (excludes halogenated alkanes) is 1. The SMILES string of the molecule is CCCCN(C)S(=O)(=O)N1CCCC2CNCC21. The highest BCUT2D eigenvalue weighted by Crippen LogP contribution is 2.29. The van der Waals surface area contributed by atoms with Gasteiger partial charge in [-0.25, -0.2) is 0 Å².